The largest absolute Gasteiger partial charge is 0.374 e. The number of hydrogen-bond acceptors (Lipinski definition) is 5. The zero-order chi connectivity index (χ0) is 27.6. The van der Waals surface area contributed by atoms with Crippen LogP contribution in [0.15, 0.2) is 120 Å². The summed E-state index contributed by atoms with van der Waals surface area (Å²) in [6, 6.07) is 38.9. The van der Waals surface area contributed by atoms with E-state index in [1.807, 2.05) is 54.6 Å². The van der Waals surface area contributed by atoms with Crippen molar-refractivity contribution in [2.24, 2.45) is 0 Å². The fraction of sp³-hybridized carbons (Fsp3) is 0.294. The van der Waals surface area contributed by atoms with Crippen LogP contribution in [0.25, 0.3) is 0 Å². The second-order valence-electron chi connectivity index (χ2n) is 9.94. The van der Waals surface area contributed by atoms with Gasteiger partial charge in [0.1, 0.15) is 23.9 Å². The molecule has 0 radical (unpaired) electrons. The van der Waals surface area contributed by atoms with Gasteiger partial charge in [-0.05, 0) is 35.7 Å². The zero-order valence-corrected chi connectivity index (χ0v) is 24.2. The quantitative estimate of drug-likeness (QED) is 0.161. The van der Waals surface area contributed by atoms with E-state index in [0.29, 0.717) is 26.4 Å². The minimum absolute atomic E-state index is 0.195. The van der Waals surface area contributed by atoms with Gasteiger partial charge in [-0.2, -0.15) is 0 Å². The molecular formula is C34H35ClO4S. The van der Waals surface area contributed by atoms with E-state index in [1.165, 1.54) is 5.56 Å². The van der Waals surface area contributed by atoms with Crippen molar-refractivity contribution in [2.75, 3.05) is 6.61 Å². The zero-order valence-electron chi connectivity index (χ0n) is 22.6. The molecule has 0 aliphatic carbocycles. The summed E-state index contributed by atoms with van der Waals surface area (Å²) in [6.07, 6.45) is -1.12. The van der Waals surface area contributed by atoms with E-state index in [2.05, 4.69) is 67.6 Å². The second-order valence-corrected chi connectivity index (χ2v) is 11.6. The summed E-state index contributed by atoms with van der Waals surface area (Å²) in [4.78, 5) is 1.11. The van der Waals surface area contributed by atoms with Crippen molar-refractivity contribution >= 4 is 23.4 Å². The molecule has 0 unspecified atom stereocenters. The van der Waals surface area contributed by atoms with Gasteiger partial charge in [0.2, 0.25) is 0 Å². The van der Waals surface area contributed by atoms with Crippen molar-refractivity contribution in [1.82, 2.24) is 0 Å². The van der Waals surface area contributed by atoms with Crippen LogP contribution in [0, 0.1) is 6.92 Å². The van der Waals surface area contributed by atoms with Crippen LogP contribution in [0.4, 0.5) is 0 Å². The first-order valence-corrected chi connectivity index (χ1v) is 14.9. The summed E-state index contributed by atoms with van der Waals surface area (Å²) in [5, 5.41) is -0.195. The summed E-state index contributed by atoms with van der Waals surface area (Å²) < 4.78 is 25.9. The molecule has 208 valence electrons. The highest BCUT2D eigenvalue weighted by Crippen LogP contribution is 2.39. The molecule has 0 saturated carbocycles. The van der Waals surface area contributed by atoms with E-state index < -0.39 is 17.8 Å². The summed E-state index contributed by atoms with van der Waals surface area (Å²) >= 11 is 8.65. The summed E-state index contributed by atoms with van der Waals surface area (Å²) in [5.41, 5.74) is 3.91. The number of aryl methyl sites for hydroxylation is 1. The fourth-order valence-corrected chi connectivity index (χ4v) is 6.27. The molecule has 1 fully saturated rings. The molecule has 1 aliphatic rings. The molecule has 0 amide bonds. The maximum absolute atomic E-state index is 6.98. The Morgan fingerprint density at radius 1 is 0.650 bits per heavy atom. The van der Waals surface area contributed by atoms with Crippen molar-refractivity contribution in [1.29, 1.82) is 0 Å². The molecule has 1 heterocycles. The predicted octanol–water partition coefficient (Wildman–Crippen LogP) is 7.81. The minimum atomic E-state index is -0.589. The Bertz CT molecular complexity index is 1270. The van der Waals surface area contributed by atoms with Crippen molar-refractivity contribution in [3.63, 3.8) is 0 Å². The maximum atomic E-state index is 6.98. The van der Waals surface area contributed by atoms with E-state index in [-0.39, 0.29) is 11.4 Å². The third kappa shape index (κ3) is 8.20. The predicted molar refractivity (Wildman–Crippen MR) is 161 cm³/mol. The van der Waals surface area contributed by atoms with Crippen molar-refractivity contribution in [2.45, 2.75) is 60.8 Å². The lowest BCUT2D eigenvalue weighted by Gasteiger charge is -2.44. The average Bonchev–Trinajstić information content (AvgIpc) is 2.99. The van der Waals surface area contributed by atoms with Crippen LogP contribution in [-0.2, 0) is 38.8 Å². The molecule has 4 nitrogen and oxygen atoms in total. The minimum Gasteiger partial charge on any atom is -0.374 e. The molecule has 5 atom stereocenters. The van der Waals surface area contributed by atoms with Gasteiger partial charge in [0.05, 0.1) is 31.7 Å². The first kappa shape index (κ1) is 28.9. The molecule has 6 heteroatoms. The highest BCUT2D eigenvalue weighted by molar-refractivity contribution is 8.00. The number of halogens is 1. The van der Waals surface area contributed by atoms with E-state index in [0.717, 1.165) is 21.6 Å². The molecule has 0 aromatic heterocycles. The van der Waals surface area contributed by atoms with E-state index in [4.69, 9.17) is 30.5 Å². The van der Waals surface area contributed by atoms with Crippen LogP contribution in [0.1, 0.15) is 22.3 Å². The van der Waals surface area contributed by atoms with E-state index in [9.17, 15) is 0 Å². The molecule has 0 spiro atoms. The van der Waals surface area contributed by atoms with Gasteiger partial charge in [0.25, 0.3) is 0 Å². The fourth-order valence-electron chi connectivity index (χ4n) is 4.69. The van der Waals surface area contributed by atoms with Gasteiger partial charge in [-0.3, -0.25) is 0 Å². The lowest BCUT2D eigenvalue weighted by molar-refractivity contribution is -0.202. The van der Waals surface area contributed by atoms with E-state index >= 15 is 0 Å². The van der Waals surface area contributed by atoms with Crippen LogP contribution in [0.3, 0.4) is 0 Å². The van der Waals surface area contributed by atoms with Gasteiger partial charge in [-0.15, -0.1) is 11.8 Å². The second kappa shape index (κ2) is 14.8. The topological polar surface area (TPSA) is 36.9 Å². The molecular weight excluding hydrogens is 540 g/mol. The molecule has 1 aliphatic heterocycles. The first-order valence-electron chi connectivity index (χ1n) is 13.6. The van der Waals surface area contributed by atoms with Gasteiger partial charge >= 0.3 is 0 Å². The van der Waals surface area contributed by atoms with E-state index in [1.54, 1.807) is 11.8 Å². The van der Waals surface area contributed by atoms with Gasteiger partial charge in [-0.1, -0.05) is 120 Å². The van der Waals surface area contributed by atoms with Crippen LogP contribution in [-0.4, -0.2) is 35.7 Å². The lowest BCUT2D eigenvalue weighted by Crippen LogP contribution is -2.58. The maximum Gasteiger partial charge on any atom is 0.146 e. The standard InChI is InChI=1S/C34H35ClO4S/c1-25-17-19-29(20-18-25)40-33-32(38-23-28-15-9-4-10-16-28)31(37-22-27-13-7-3-8-14-27)30(39-34(33)35)24-36-21-26-11-5-2-6-12-26/h2-20,30-34H,21-24H2,1H3/t30-,31+,32+,33+,34+/m1/s1. The molecule has 5 rings (SSSR count). The number of hydrogen-bond donors (Lipinski definition) is 0. The van der Waals surface area contributed by atoms with Crippen LogP contribution < -0.4 is 0 Å². The normalized spacial score (nSPS) is 22.7. The Balaban J connectivity index is 1.39. The van der Waals surface area contributed by atoms with Crippen molar-refractivity contribution in [3.05, 3.63) is 138 Å². The highest BCUT2D eigenvalue weighted by atomic mass is 35.5. The van der Waals surface area contributed by atoms with Crippen LogP contribution in [0.5, 0.6) is 0 Å². The van der Waals surface area contributed by atoms with Gasteiger partial charge in [0, 0.05) is 4.90 Å². The monoisotopic (exact) mass is 574 g/mol. The van der Waals surface area contributed by atoms with Gasteiger partial charge in [0.15, 0.2) is 0 Å². The summed E-state index contributed by atoms with van der Waals surface area (Å²) in [6.45, 7) is 3.79. The first-order chi connectivity index (χ1) is 19.7. The Morgan fingerprint density at radius 2 is 1.15 bits per heavy atom. The number of thioether (sulfide) groups is 1. The van der Waals surface area contributed by atoms with Crippen LogP contribution >= 0.6 is 23.4 Å². The van der Waals surface area contributed by atoms with Crippen molar-refractivity contribution < 1.29 is 18.9 Å². The Kier molecular flexibility index (Phi) is 10.7. The molecule has 0 bridgehead atoms. The summed E-state index contributed by atoms with van der Waals surface area (Å²) in [5.74, 6) is 0. The Morgan fingerprint density at radius 3 is 1.70 bits per heavy atom. The number of alkyl halides is 1. The summed E-state index contributed by atoms with van der Waals surface area (Å²) in [7, 11) is 0. The van der Waals surface area contributed by atoms with Gasteiger partial charge < -0.3 is 18.9 Å². The molecule has 4 aromatic rings. The SMILES string of the molecule is Cc1ccc(S[C@H]2[C@@H](OCc3ccccc3)[C@@H](OCc3ccccc3)[C@@H](COCc3ccccc3)O[C@@H]2Cl)cc1. The smallest absolute Gasteiger partial charge is 0.146 e. The van der Waals surface area contributed by atoms with Crippen molar-refractivity contribution in [3.8, 4) is 0 Å². The van der Waals surface area contributed by atoms with Gasteiger partial charge in [-0.25, -0.2) is 0 Å². The number of ether oxygens (including phenoxy) is 4. The average molecular weight is 575 g/mol. The molecule has 0 N–H and O–H groups in total. The molecule has 40 heavy (non-hydrogen) atoms. The highest BCUT2D eigenvalue weighted by Gasteiger charge is 2.47. The lowest BCUT2D eigenvalue weighted by atomic mass is 10.0. The third-order valence-corrected chi connectivity index (χ3v) is 8.69. The third-order valence-electron chi connectivity index (χ3n) is 6.83. The number of benzene rings is 4. The molecule has 4 aromatic carbocycles. The molecule has 1 saturated heterocycles. The van der Waals surface area contributed by atoms with Crippen LogP contribution in [0.2, 0.25) is 0 Å². The number of rotatable bonds is 12. The Labute approximate surface area is 246 Å². The Hall–Kier alpha value is -2.64.